The fraction of sp³-hybridized carbons (Fsp3) is 0.478. The van der Waals surface area contributed by atoms with Crippen LogP contribution in [0.3, 0.4) is 0 Å². The van der Waals surface area contributed by atoms with E-state index in [2.05, 4.69) is 37.5 Å². The first kappa shape index (κ1) is 20.6. The Morgan fingerprint density at radius 2 is 1.79 bits per heavy atom. The summed E-state index contributed by atoms with van der Waals surface area (Å²) in [6.07, 6.45) is 0.895. The van der Waals surface area contributed by atoms with E-state index in [0.717, 1.165) is 6.42 Å². The Bertz CT molecular complexity index is 846. The largest absolute Gasteiger partial charge is 0.340 e. The molecule has 4 nitrogen and oxygen atoms in total. The summed E-state index contributed by atoms with van der Waals surface area (Å²) in [5.41, 5.74) is 3.04. The number of hydrogen-bond donors (Lipinski definition) is 1. The van der Waals surface area contributed by atoms with Gasteiger partial charge in [0.2, 0.25) is 5.91 Å². The highest BCUT2D eigenvalue weighted by atomic mass is 32.1. The maximum atomic E-state index is 13.1. The van der Waals surface area contributed by atoms with Crippen LogP contribution in [0.2, 0.25) is 0 Å². The number of nitrogens with one attached hydrogen (secondary N) is 1. The predicted molar refractivity (Wildman–Crippen MR) is 115 cm³/mol. The highest BCUT2D eigenvalue weighted by Crippen LogP contribution is 2.25. The zero-order valence-electron chi connectivity index (χ0n) is 17.4. The Hall–Kier alpha value is -2.14. The third-order valence-corrected chi connectivity index (χ3v) is 6.37. The number of amides is 2. The molecule has 0 bridgehead atoms. The molecule has 5 heteroatoms. The quantitative estimate of drug-likeness (QED) is 0.831. The molecular weight excluding hydrogens is 368 g/mol. The molecule has 28 heavy (non-hydrogen) atoms. The molecule has 1 aromatic heterocycles. The first-order chi connectivity index (χ1) is 13.2. The minimum absolute atomic E-state index is 0.00603. The van der Waals surface area contributed by atoms with Crippen molar-refractivity contribution < 1.29 is 9.59 Å². The lowest BCUT2D eigenvalue weighted by atomic mass is 9.86. The van der Waals surface area contributed by atoms with Crippen molar-refractivity contribution in [1.29, 1.82) is 0 Å². The Kier molecular flexibility index (Phi) is 5.94. The van der Waals surface area contributed by atoms with Gasteiger partial charge in [-0.05, 0) is 52.5 Å². The van der Waals surface area contributed by atoms with Gasteiger partial charge in [-0.25, -0.2) is 0 Å². The number of carbonyl (C=O) groups excluding carboxylic acids is 2. The first-order valence-electron chi connectivity index (χ1n) is 9.92. The van der Waals surface area contributed by atoms with Gasteiger partial charge >= 0.3 is 0 Å². The van der Waals surface area contributed by atoms with Gasteiger partial charge in [0.15, 0.2) is 0 Å². The van der Waals surface area contributed by atoms with Gasteiger partial charge in [0, 0.05) is 23.5 Å². The topological polar surface area (TPSA) is 49.4 Å². The molecule has 1 aliphatic rings. The average Bonchev–Trinajstić information content (AvgIpc) is 3.12. The summed E-state index contributed by atoms with van der Waals surface area (Å²) < 4.78 is 0. The number of nitrogens with zero attached hydrogens (tertiary/aromatic N) is 1. The van der Waals surface area contributed by atoms with E-state index in [4.69, 9.17) is 0 Å². The molecule has 0 saturated carbocycles. The van der Waals surface area contributed by atoms with Crippen LogP contribution >= 0.6 is 11.3 Å². The van der Waals surface area contributed by atoms with Crippen LogP contribution in [-0.2, 0) is 23.2 Å². The lowest BCUT2D eigenvalue weighted by Gasteiger charge is -2.32. The standard InChI is InChI=1S/C23H30N2O2S/c1-15(2)20(22(27)25-12-10-19-17(14-25)11-13-28-19)24-21(26)16-6-8-18(9-7-16)23(3,4)5/h6-9,11,13,15,20H,10,12,14H2,1-5H3,(H,24,26). The van der Waals surface area contributed by atoms with Crippen LogP contribution in [-0.4, -0.2) is 29.3 Å². The van der Waals surface area contributed by atoms with E-state index in [9.17, 15) is 9.59 Å². The molecule has 1 aliphatic heterocycles. The van der Waals surface area contributed by atoms with Crippen molar-refractivity contribution in [3.8, 4) is 0 Å². The van der Waals surface area contributed by atoms with Gasteiger partial charge in [0.05, 0.1) is 0 Å². The second-order valence-electron chi connectivity index (χ2n) is 8.90. The van der Waals surface area contributed by atoms with Gasteiger partial charge in [0.25, 0.3) is 5.91 Å². The second-order valence-corrected chi connectivity index (χ2v) is 9.90. The smallest absolute Gasteiger partial charge is 0.251 e. The van der Waals surface area contributed by atoms with E-state index in [0.29, 0.717) is 18.7 Å². The molecule has 0 spiro atoms. The third-order valence-electron chi connectivity index (χ3n) is 5.35. The summed E-state index contributed by atoms with van der Waals surface area (Å²) in [5.74, 6) is -0.165. The number of carbonyl (C=O) groups is 2. The number of hydrogen-bond acceptors (Lipinski definition) is 3. The van der Waals surface area contributed by atoms with Crippen LogP contribution < -0.4 is 5.32 Å². The van der Waals surface area contributed by atoms with Crippen molar-refractivity contribution in [1.82, 2.24) is 10.2 Å². The van der Waals surface area contributed by atoms with E-state index in [1.165, 1.54) is 16.0 Å². The van der Waals surface area contributed by atoms with Crippen LogP contribution in [0, 0.1) is 5.92 Å². The number of thiophene rings is 1. The molecule has 1 atom stereocenters. The summed E-state index contributed by atoms with van der Waals surface area (Å²) in [4.78, 5) is 29.2. The zero-order chi connectivity index (χ0) is 20.5. The highest BCUT2D eigenvalue weighted by molar-refractivity contribution is 7.10. The van der Waals surface area contributed by atoms with E-state index >= 15 is 0 Å². The normalized spacial score (nSPS) is 15.3. The summed E-state index contributed by atoms with van der Waals surface area (Å²) in [6, 6.07) is 9.24. The third kappa shape index (κ3) is 4.46. The van der Waals surface area contributed by atoms with E-state index in [-0.39, 0.29) is 23.1 Å². The van der Waals surface area contributed by atoms with Crippen molar-refractivity contribution in [2.24, 2.45) is 5.92 Å². The molecule has 2 aromatic rings. The molecule has 2 amide bonds. The lowest BCUT2D eigenvalue weighted by Crippen LogP contribution is -2.52. The Balaban J connectivity index is 1.70. The Morgan fingerprint density at radius 1 is 1.11 bits per heavy atom. The summed E-state index contributed by atoms with van der Waals surface area (Å²) >= 11 is 1.76. The molecule has 2 heterocycles. The summed E-state index contributed by atoms with van der Waals surface area (Å²) in [6.45, 7) is 11.7. The van der Waals surface area contributed by atoms with E-state index < -0.39 is 6.04 Å². The molecule has 0 radical (unpaired) electrons. The minimum atomic E-state index is -0.519. The van der Waals surface area contributed by atoms with Gasteiger partial charge in [-0.1, -0.05) is 46.8 Å². The maximum absolute atomic E-state index is 13.1. The molecule has 0 saturated heterocycles. The second kappa shape index (κ2) is 8.08. The molecule has 150 valence electrons. The SMILES string of the molecule is CC(C)C(NC(=O)c1ccc(C(C)(C)C)cc1)C(=O)N1CCc2sccc2C1. The van der Waals surface area contributed by atoms with Gasteiger partial charge < -0.3 is 10.2 Å². The van der Waals surface area contributed by atoms with Crippen LogP contribution in [0.15, 0.2) is 35.7 Å². The van der Waals surface area contributed by atoms with Crippen molar-refractivity contribution >= 4 is 23.2 Å². The fourth-order valence-electron chi connectivity index (χ4n) is 3.49. The maximum Gasteiger partial charge on any atom is 0.251 e. The van der Waals surface area contributed by atoms with Gasteiger partial charge in [0.1, 0.15) is 6.04 Å². The molecule has 0 fully saturated rings. The van der Waals surface area contributed by atoms with Crippen LogP contribution in [0.1, 0.15) is 61.0 Å². The van der Waals surface area contributed by atoms with Crippen LogP contribution in [0.5, 0.6) is 0 Å². The fourth-order valence-corrected chi connectivity index (χ4v) is 4.38. The van der Waals surface area contributed by atoms with Crippen molar-refractivity contribution in [2.45, 2.75) is 59.0 Å². The van der Waals surface area contributed by atoms with Crippen molar-refractivity contribution in [3.05, 3.63) is 57.3 Å². The molecular formula is C23H30N2O2S. The Labute approximate surface area is 172 Å². The summed E-state index contributed by atoms with van der Waals surface area (Å²) in [5, 5.41) is 5.06. The van der Waals surface area contributed by atoms with Gasteiger partial charge in [-0.2, -0.15) is 0 Å². The Morgan fingerprint density at radius 3 is 2.39 bits per heavy atom. The summed E-state index contributed by atoms with van der Waals surface area (Å²) in [7, 11) is 0. The zero-order valence-corrected chi connectivity index (χ0v) is 18.2. The van der Waals surface area contributed by atoms with Crippen LogP contribution in [0.4, 0.5) is 0 Å². The molecule has 1 N–H and O–H groups in total. The predicted octanol–water partition coefficient (Wildman–Crippen LogP) is 4.38. The molecule has 1 unspecified atom stereocenters. The lowest BCUT2D eigenvalue weighted by molar-refractivity contribution is -0.135. The number of rotatable bonds is 4. The van der Waals surface area contributed by atoms with E-state index in [1.54, 1.807) is 11.3 Å². The van der Waals surface area contributed by atoms with Crippen molar-refractivity contribution in [2.75, 3.05) is 6.54 Å². The van der Waals surface area contributed by atoms with Gasteiger partial charge in [-0.15, -0.1) is 11.3 Å². The number of benzene rings is 1. The molecule has 0 aliphatic carbocycles. The average molecular weight is 399 g/mol. The van der Waals surface area contributed by atoms with Crippen LogP contribution in [0.25, 0.3) is 0 Å². The first-order valence-corrected chi connectivity index (χ1v) is 10.8. The highest BCUT2D eigenvalue weighted by Gasteiger charge is 2.31. The molecule has 1 aromatic carbocycles. The minimum Gasteiger partial charge on any atom is -0.340 e. The van der Waals surface area contributed by atoms with Gasteiger partial charge in [-0.3, -0.25) is 9.59 Å². The monoisotopic (exact) mass is 398 g/mol. The van der Waals surface area contributed by atoms with E-state index in [1.807, 2.05) is 43.0 Å². The van der Waals surface area contributed by atoms with Crippen molar-refractivity contribution in [3.63, 3.8) is 0 Å². The number of fused-ring (bicyclic) bond motifs is 1. The molecule has 3 rings (SSSR count).